The van der Waals surface area contributed by atoms with Crippen LogP contribution in [0, 0.1) is 17.6 Å². The summed E-state index contributed by atoms with van der Waals surface area (Å²) in [5.41, 5.74) is 0.307. The number of aryl methyl sites for hydroxylation is 2. The lowest BCUT2D eigenvalue weighted by Gasteiger charge is -2.29. The van der Waals surface area contributed by atoms with E-state index in [0.717, 1.165) is 30.5 Å². The maximum Gasteiger partial charge on any atom is 0.419 e. The molecule has 35 heavy (non-hydrogen) atoms. The monoisotopic (exact) mass is 490 g/mol. The second-order valence-electron chi connectivity index (χ2n) is 8.84. The van der Waals surface area contributed by atoms with Crippen LogP contribution in [0.4, 0.5) is 22.0 Å². The lowest BCUT2D eigenvalue weighted by molar-refractivity contribution is -0.205. The van der Waals surface area contributed by atoms with Crippen LogP contribution in [-0.2, 0) is 28.5 Å². The first-order valence-corrected chi connectivity index (χ1v) is 11.7. The van der Waals surface area contributed by atoms with E-state index in [2.05, 4.69) is 6.08 Å². The van der Waals surface area contributed by atoms with Gasteiger partial charge in [-0.1, -0.05) is 42.5 Å². The first kappa shape index (κ1) is 25.3. The van der Waals surface area contributed by atoms with Crippen molar-refractivity contribution in [3.63, 3.8) is 0 Å². The van der Waals surface area contributed by atoms with Gasteiger partial charge in [-0.25, -0.2) is 8.78 Å². The molecule has 1 aliphatic heterocycles. The van der Waals surface area contributed by atoms with Crippen molar-refractivity contribution in [2.24, 2.45) is 5.92 Å². The molecule has 1 saturated heterocycles. The smallest absolute Gasteiger partial charge is 0.348 e. The van der Waals surface area contributed by atoms with Crippen molar-refractivity contribution >= 4 is 10.8 Å². The van der Waals surface area contributed by atoms with Gasteiger partial charge >= 0.3 is 6.18 Å². The lowest BCUT2D eigenvalue weighted by atomic mass is 9.98. The summed E-state index contributed by atoms with van der Waals surface area (Å²) < 4.78 is 79.0. The number of allylic oxidation sites excluding steroid dienone is 2. The molecule has 1 heterocycles. The molecule has 4 rings (SSSR count). The maximum absolute atomic E-state index is 15.2. The van der Waals surface area contributed by atoms with Crippen molar-refractivity contribution < 1.29 is 31.4 Å². The maximum atomic E-state index is 15.2. The molecule has 7 heteroatoms. The van der Waals surface area contributed by atoms with E-state index < -0.39 is 29.7 Å². The highest BCUT2D eigenvalue weighted by Crippen LogP contribution is 2.33. The molecule has 2 nitrogen and oxygen atoms in total. The predicted octanol–water partition coefficient (Wildman–Crippen LogP) is 7.94. The fourth-order valence-electron chi connectivity index (χ4n) is 4.32. The van der Waals surface area contributed by atoms with Crippen LogP contribution in [0.5, 0.6) is 0 Å². The van der Waals surface area contributed by atoms with Crippen molar-refractivity contribution in [1.82, 2.24) is 0 Å². The average Bonchev–Trinajstić information content (AvgIpc) is 2.83. The molecule has 3 aromatic rings. The molecular formula is C28H27F5O2. The van der Waals surface area contributed by atoms with E-state index >= 15 is 4.39 Å². The minimum Gasteiger partial charge on any atom is -0.348 e. The van der Waals surface area contributed by atoms with Crippen LogP contribution < -0.4 is 0 Å². The molecule has 0 radical (unpaired) electrons. The summed E-state index contributed by atoms with van der Waals surface area (Å²) in [6.45, 7) is 3.21. The third-order valence-corrected chi connectivity index (χ3v) is 6.30. The Balaban J connectivity index is 1.42. The van der Waals surface area contributed by atoms with E-state index in [0.29, 0.717) is 41.0 Å². The molecule has 3 aromatic carbocycles. The Morgan fingerprint density at radius 2 is 1.71 bits per heavy atom. The van der Waals surface area contributed by atoms with Gasteiger partial charge in [0, 0.05) is 16.9 Å². The van der Waals surface area contributed by atoms with Gasteiger partial charge in [-0.2, -0.15) is 13.2 Å². The third kappa shape index (κ3) is 6.08. The Morgan fingerprint density at radius 1 is 0.943 bits per heavy atom. The SMILES string of the molecule is C/C=C/CCC1COC(c2ccc3c(F)c(CCc4ccc(C(F)(F)F)c(F)c4)ccc3c2)OC1. The van der Waals surface area contributed by atoms with Gasteiger partial charge in [0.2, 0.25) is 0 Å². The van der Waals surface area contributed by atoms with Crippen LogP contribution in [0.15, 0.2) is 60.7 Å². The van der Waals surface area contributed by atoms with Gasteiger partial charge < -0.3 is 9.47 Å². The van der Waals surface area contributed by atoms with Gasteiger partial charge in [-0.15, -0.1) is 0 Å². The molecule has 0 aromatic heterocycles. The first-order chi connectivity index (χ1) is 16.8. The minimum absolute atomic E-state index is 0.217. The Morgan fingerprint density at radius 3 is 2.40 bits per heavy atom. The summed E-state index contributed by atoms with van der Waals surface area (Å²) in [5, 5.41) is 1.14. The molecule has 0 saturated carbocycles. The normalized spacial score (nSPS) is 19.0. The average molecular weight is 491 g/mol. The number of alkyl halides is 3. The van der Waals surface area contributed by atoms with Crippen molar-refractivity contribution in [2.45, 2.75) is 45.1 Å². The van der Waals surface area contributed by atoms with Gasteiger partial charge in [-0.05, 0) is 67.3 Å². The quantitative estimate of drug-likeness (QED) is 0.247. The van der Waals surface area contributed by atoms with E-state index in [1.54, 1.807) is 24.3 Å². The van der Waals surface area contributed by atoms with E-state index in [-0.39, 0.29) is 12.8 Å². The minimum atomic E-state index is -4.74. The molecule has 0 spiro atoms. The van der Waals surface area contributed by atoms with Crippen LogP contribution >= 0.6 is 0 Å². The third-order valence-electron chi connectivity index (χ3n) is 6.30. The molecule has 0 unspecified atom stereocenters. The molecule has 186 valence electrons. The highest BCUT2D eigenvalue weighted by Gasteiger charge is 2.33. The summed E-state index contributed by atoms with van der Waals surface area (Å²) >= 11 is 0. The highest BCUT2D eigenvalue weighted by atomic mass is 19.4. The molecule has 1 aliphatic rings. The predicted molar refractivity (Wildman–Crippen MR) is 125 cm³/mol. The van der Waals surface area contributed by atoms with E-state index in [9.17, 15) is 17.6 Å². The largest absolute Gasteiger partial charge is 0.419 e. The summed E-state index contributed by atoms with van der Waals surface area (Å²) in [7, 11) is 0. The summed E-state index contributed by atoms with van der Waals surface area (Å²) in [4.78, 5) is 0. The molecule has 0 atom stereocenters. The molecular weight excluding hydrogens is 463 g/mol. The summed E-state index contributed by atoms with van der Waals surface area (Å²) in [6, 6.07) is 11.6. The number of fused-ring (bicyclic) bond motifs is 1. The fraction of sp³-hybridized carbons (Fsp3) is 0.357. The Hall–Kier alpha value is -2.77. The zero-order valence-electron chi connectivity index (χ0n) is 19.4. The van der Waals surface area contributed by atoms with E-state index in [4.69, 9.17) is 9.47 Å². The van der Waals surface area contributed by atoms with Gasteiger partial charge in [-0.3, -0.25) is 0 Å². The highest BCUT2D eigenvalue weighted by molar-refractivity contribution is 5.84. The Labute approximate surface area is 201 Å². The molecule has 0 bridgehead atoms. The standard InChI is InChI=1S/C28H27F5O2/c1-2-3-4-5-19-16-34-27(35-17-19)22-11-12-23-21(15-22)10-9-20(26(23)30)8-6-18-7-13-24(25(29)14-18)28(31,32)33/h2-3,7,9-15,19,27H,4-6,8,16-17H2,1H3/b3-2+. The lowest BCUT2D eigenvalue weighted by Crippen LogP contribution is -2.27. The van der Waals surface area contributed by atoms with E-state index in [1.807, 2.05) is 19.1 Å². The molecule has 1 fully saturated rings. The van der Waals surface area contributed by atoms with Crippen molar-refractivity contribution in [2.75, 3.05) is 13.2 Å². The number of benzene rings is 3. The van der Waals surface area contributed by atoms with Gasteiger partial charge in [0.05, 0.1) is 18.8 Å². The first-order valence-electron chi connectivity index (χ1n) is 11.7. The van der Waals surface area contributed by atoms with Crippen LogP contribution in [-0.4, -0.2) is 13.2 Å². The van der Waals surface area contributed by atoms with Gasteiger partial charge in [0.25, 0.3) is 0 Å². The van der Waals surface area contributed by atoms with Gasteiger partial charge in [0.15, 0.2) is 6.29 Å². The van der Waals surface area contributed by atoms with Crippen LogP contribution in [0.2, 0.25) is 0 Å². The molecule has 0 N–H and O–H groups in total. The number of hydrogen-bond donors (Lipinski definition) is 0. The molecule has 0 aliphatic carbocycles. The van der Waals surface area contributed by atoms with Crippen LogP contribution in [0.3, 0.4) is 0 Å². The van der Waals surface area contributed by atoms with Crippen molar-refractivity contribution in [3.05, 3.63) is 94.6 Å². The summed E-state index contributed by atoms with van der Waals surface area (Å²) in [6.07, 6.45) is 1.36. The summed E-state index contributed by atoms with van der Waals surface area (Å²) in [5.74, 6) is -1.37. The zero-order chi connectivity index (χ0) is 25.0. The topological polar surface area (TPSA) is 18.5 Å². The van der Waals surface area contributed by atoms with Gasteiger partial charge in [0.1, 0.15) is 11.6 Å². The van der Waals surface area contributed by atoms with Crippen LogP contribution in [0.1, 0.15) is 48.3 Å². The number of halogens is 5. The molecule has 0 amide bonds. The van der Waals surface area contributed by atoms with Crippen molar-refractivity contribution in [1.29, 1.82) is 0 Å². The fourth-order valence-corrected chi connectivity index (χ4v) is 4.32. The Kier molecular flexibility index (Phi) is 7.87. The van der Waals surface area contributed by atoms with E-state index in [1.165, 1.54) is 6.07 Å². The number of rotatable bonds is 7. The Bertz CT molecular complexity index is 1190. The number of ether oxygens (including phenoxy) is 2. The van der Waals surface area contributed by atoms with Crippen LogP contribution in [0.25, 0.3) is 10.8 Å². The number of hydrogen-bond acceptors (Lipinski definition) is 2. The zero-order valence-corrected chi connectivity index (χ0v) is 19.4. The second-order valence-corrected chi connectivity index (χ2v) is 8.84. The second kappa shape index (κ2) is 10.9. The van der Waals surface area contributed by atoms with Crippen molar-refractivity contribution in [3.8, 4) is 0 Å².